The van der Waals surface area contributed by atoms with E-state index in [1.54, 1.807) is 36.3 Å². The minimum atomic E-state index is -0.616. The number of hydrogen-bond donors (Lipinski definition) is 2. The van der Waals surface area contributed by atoms with Crippen LogP contribution in [-0.4, -0.2) is 50.0 Å². The Morgan fingerprint density at radius 1 is 1.32 bits per heavy atom. The van der Waals surface area contributed by atoms with Crippen LogP contribution in [0.2, 0.25) is 0 Å². The number of benzene rings is 1. The summed E-state index contributed by atoms with van der Waals surface area (Å²) in [5.41, 5.74) is 0.549. The number of nitrogens with one attached hydrogen (secondary N) is 2. The number of carbonyl (C=O) groups excluding carboxylic acids is 2. The van der Waals surface area contributed by atoms with E-state index in [0.29, 0.717) is 24.5 Å². The van der Waals surface area contributed by atoms with Gasteiger partial charge in [0.15, 0.2) is 0 Å². The lowest BCUT2D eigenvalue weighted by atomic mass is 10.3. The molecule has 6 nitrogen and oxygen atoms in total. The molecule has 2 amide bonds. The Morgan fingerprint density at radius 2 is 2.05 bits per heavy atom. The van der Waals surface area contributed by atoms with Crippen molar-refractivity contribution in [1.29, 1.82) is 0 Å². The van der Waals surface area contributed by atoms with Gasteiger partial charge in [-0.05, 0) is 12.1 Å². The number of ether oxygens (including phenoxy) is 1. The highest BCUT2D eigenvalue weighted by molar-refractivity contribution is 6.39. The van der Waals surface area contributed by atoms with Crippen molar-refractivity contribution in [2.75, 3.05) is 38.6 Å². The van der Waals surface area contributed by atoms with Crippen LogP contribution in [0.25, 0.3) is 0 Å². The van der Waals surface area contributed by atoms with Gasteiger partial charge in [-0.25, -0.2) is 0 Å². The van der Waals surface area contributed by atoms with E-state index in [2.05, 4.69) is 10.6 Å². The normalized spacial score (nSPS) is 14.9. The Labute approximate surface area is 111 Å². The Bertz CT molecular complexity index is 470. The maximum absolute atomic E-state index is 11.9. The van der Waals surface area contributed by atoms with Crippen molar-refractivity contribution in [2.24, 2.45) is 0 Å². The van der Waals surface area contributed by atoms with Gasteiger partial charge in [0.25, 0.3) is 0 Å². The molecule has 0 spiro atoms. The molecule has 6 heteroatoms. The molecule has 2 rings (SSSR count). The van der Waals surface area contributed by atoms with Crippen LogP contribution in [0.1, 0.15) is 0 Å². The van der Waals surface area contributed by atoms with E-state index in [9.17, 15) is 9.59 Å². The first-order valence-corrected chi connectivity index (χ1v) is 6.16. The first-order valence-electron chi connectivity index (χ1n) is 6.16. The molecule has 0 aliphatic carbocycles. The molecule has 1 heterocycles. The number of anilines is 1. The summed E-state index contributed by atoms with van der Waals surface area (Å²) in [4.78, 5) is 25.3. The number of piperazine rings is 1. The molecule has 1 fully saturated rings. The number of carbonyl (C=O) groups is 2. The molecule has 1 aromatic rings. The highest BCUT2D eigenvalue weighted by Crippen LogP contribution is 2.16. The Hall–Kier alpha value is -2.08. The fourth-order valence-corrected chi connectivity index (χ4v) is 1.90. The van der Waals surface area contributed by atoms with Crippen LogP contribution in [0, 0.1) is 0 Å². The summed E-state index contributed by atoms with van der Waals surface area (Å²) < 4.78 is 5.06. The molecule has 0 saturated carbocycles. The Balaban J connectivity index is 1.97. The Morgan fingerprint density at radius 3 is 2.74 bits per heavy atom. The summed E-state index contributed by atoms with van der Waals surface area (Å²) >= 11 is 0. The molecule has 102 valence electrons. The fourth-order valence-electron chi connectivity index (χ4n) is 1.90. The van der Waals surface area contributed by atoms with E-state index in [-0.39, 0.29) is 0 Å². The number of amides is 2. The molecule has 19 heavy (non-hydrogen) atoms. The number of methoxy groups -OCH3 is 1. The first kappa shape index (κ1) is 13.4. The SMILES string of the molecule is COc1cccc(NC(=O)C(=O)N2CCNCC2)c1. The summed E-state index contributed by atoms with van der Waals surface area (Å²) in [6, 6.07) is 6.91. The molecule has 0 radical (unpaired) electrons. The van der Waals surface area contributed by atoms with Crippen molar-refractivity contribution in [3.8, 4) is 5.75 Å². The molecule has 2 N–H and O–H groups in total. The van der Waals surface area contributed by atoms with Crippen LogP contribution in [-0.2, 0) is 9.59 Å². The van der Waals surface area contributed by atoms with Crippen molar-refractivity contribution in [1.82, 2.24) is 10.2 Å². The molecule has 1 saturated heterocycles. The smallest absolute Gasteiger partial charge is 0.313 e. The zero-order valence-electron chi connectivity index (χ0n) is 10.8. The Kier molecular flexibility index (Phi) is 4.35. The largest absolute Gasteiger partial charge is 0.497 e. The highest BCUT2D eigenvalue weighted by Gasteiger charge is 2.23. The third-order valence-corrected chi connectivity index (χ3v) is 2.93. The second-order valence-electron chi connectivity index (χ2n) is 4.23. The van der Waals surface area contributed by atoms with E-state index < -0.39 is 11.8 Å². The van der Waals surface area contributed by atoms with Crippen molar-refractivity contribution in [3.63, 3.8) is 0 Å². The van der Waals surface area contributed by atoms with Crippen molar-refractivity contribution >= 4 is 17.5 Å². The summed E-state index contributed by atoms with van der Waals surface area (Å²) in [7, 11) is 1.55. The van der Waals surface area contributed by atoms with Crippen LogP contribution in [0.4, 0.5) is 5.69 Å². The summed E-state index contributed by atoms with van der Waals surface area (Å²) in [6.07, 6.45) is 0. The van der Waals surface area contributed by atoms with E-state index in [1.165, 1.54) is 0 Å². The summed E-state index contributed by atoms with van der Waals surface area (Å²) in [6.45, 7) is 2.56. The predicted octanol–water partition coefficient (Wildman–Crippen LogP) is 0.0655. The maximum Gasteiger partial charge on any atom is 0.313 e. The van der Waals surface area contributed by atoms with E-state index in [4.69, 9.17) is 4.74 Å². The van der Waals surface area contributed by atoms with Crippen LogP contribution >= 0.6 is 0 Å². The van der Waals surface area contributed by atoms with Gasteiger partial charge in [0.2, 0.25) is 0 Å². The molecule has 1 aliphatic heterocycles. The van der Waals surface area contributed by atoms with Gasteiger partial charge in [0, 0.05) is 37.9 Å². The third-order valence-electron chi connectivity index (χ3n) is 2.93. The predicted molar refractivity (Wildman–Crippen MR) is 71.1 cm³/mol. The van der Waals surface area contributed by atoms with Gasteiger partial charge in [-0.1, -0.05) is 6.07 Å². The minimum Gasteiger partial charge on any atom is -0.497 e. The average Bonchev–Trinajstić information content (AvgIpc) is 2.47. The number of rotatable bonds is 2. The van der Waals surface area contributed by atoms with Gasteiger partial charge in [0.1, 0.15) is 5.75 Å². The molecule has 0 bridgehead atoms. The van der Waals surface area contributed by atoms with Crippen molar-refractivity contribution < 1.29 is 14.3 Å². The molecule has 1 aromatic carbocycles. The maximum atomic E-state index is 11.9. The van der Waals surface area contributed by atoms with E-state index >= 15 is 0 Å². The standard InChI is InChI=1S/C13H17N3O3/c1-19-11-4-2-3-10(9-11)15-12(17)13(18)16-7-5-14-6-8-16/h2-4,9,14H,5-8H2,1H3,(H,15,17). The number of hydrogen-bond acceptors (Lipinski definition) is 4. The van der Waals surface area contributed by atoms with Crippen molar-refractivity contribution in [3.05, 3.63) is 24.3 Å². The van der Waals surface area contributed by atoms with Gasteiger partial charge >= 0.3 is 11.8 Å². The lowest BCUT2D eigenvalue weighted by Gasteiger charge is -2.26. The molecule has 1 aliphatic rings. The van der Waals surface area contributed by atoms with Crippen LogP contribution < -0.4 is 15.4 Å². The topological polar surface area (TPSA) is 70.7 Å². The molecular formula is C13H17N3O3. The van der Waals surface area contributed by atoms with Crippen molar-refractivity contribution in [2.45, 2.75) is 0 Å². The zero-order valence-corrected chi connectivity index (χ0v) is 10.8. The van der Waals surface area contributed by atoms with Crippen LogP contribution in [0.3, 0.4) is 0 Å². The van der Waals surface area contributed by atoms with Crippen LogP contribution in [0.5, 0.6) is 5.75 Å². The quantitative estimate of drug-likeness (QED) is 0.741. The summed E-state index contributed by atoms with van der Waals surface area (Å²) in [5.74, 6) is -0.480. The molecule has 0 aromatic heterocycles. The zero-order chi connectivity index (χ0) is 13.7. The average molecular weight is 263 g/mol. The van der Waals surface area contributed by atoms with Gasteiger partial charge < -0.3 is 20.3 Å². The minimum absolute atomic E-state index is 0.496. The van der Waals surface area contributed by atoms with Gasteiger partial charge in [-0.15, -0.1) is 0 Å². The second-order valence-corrected chi connectivity index (χ2v) is 4.23. The van der Waals surface area contributed by atoms with Crippen LogP contribution in [0.15, 0.2) is 24.3 Å². The fraction of sp³-hybridized carbons (Fsp3) is 0.385. The monoisotopic (exact) mass is 263 g/mol. The van der Waals surface area contributed by atoms with E-state index in [0.717, 1.165) is 13.1 Å². The third kappa shape index (κ3) is 3.45. The first-order chi connectivity index (χ1) is 9.20. The van der Waals surface area contributed by atoms with Gasteiger partial charge in [-0.3, -0.25) is 9.59 Å². The van der Waals surface area contributed by atoms with E-state index in [1.807, 2.05) is 0 Å². The molecule has 0 atom stereocenters. The number of nitrogens with zero attached hydrogens (tertiary/aromatic N) is 1. The van der Waals surface area contributed by atoms with Gasteiger partial charge in [-0.2, -0.15) is 0 Å². The second kappa shape index (κ2) is 6.19. The summed E-state index contributed by atoms with van der Waals surface area (Å²) in [5, 5.41) is 5.71. The van der Waals surface area contributed by atoms with Gasteiger partial charge in [0.05, 0.1) is 7.11 Å². The lowest BCUT2D eigenvalue weighted by Crippen LogP contribution is -2.49. The highest BCUT2D eigenvalue weighted by atomic mass is 16.5. The molecular weight excluding hydrogens is 246 g/mol. The molecule has 0 unspecified atom stereocenters. The lowest BCUT2D eigenvalue weighted by molar-refractivity contribution is -0.143.